The number of anilines is 1. The van der Waals surface area contributed by atoms with E-state index in [1.54, 1.807) is 18.2 Å². The second kappa shape index (κ2) is 9.68. The summed E-state index contributed by atoms with van der Waals surface area (Å²) in [6.07, 6.45) is 3.66. The molecule has 0 spiro atoms. The van der Waals surface area contributed by atoms with Crippen molar-refractivity contribution in [3.05, 3.63) is 65.7 Å². The number of carbonyl (C=O) groups is 1. The minimum Gasteiger partial charge on any atom is -0.434 e. The molecule has 0 aliphatic heterocycles. The molecule has 0 heterocycles. The minimum absolute atomic E-state index is 0.0248. The van der Waals surface area contributed by atoms with Crippen molar-refractivity contribution >= 4 is 17.7 Å². The summed E-state index contributed by atoms with van der Waals surface area (Å²) in [6.45, 7) is -1.96. The van der Waals surface area contributed by atoms with Gasteiger partial charge in [-0.3, -0.25) is 4.79 Å². The summed E-state index contributed by atoms with van der Waals surface area (Å²) in [5.41, 5.74) is 2.26. The zero-order valence-electron chi connectivity index (χ0n) is 14.8. The molecule has 2 aromatic rings. The van der Waals surface area contributed by atoms with E-state index in [1.165, 1.54) is 23.8 Å². The van der Waals surface area contributed by atoms with E-state index < -0.39 is 6.61 Å². The number of para-hydroxylation sites is 1. The van der Waals surface area contributed by atoms with Crippen LogP contribution in [-0.4, -0.2) is 38.1 Å². The molecule has 2 rings (SSSR count). The largest absolute Gasteiger partial charge is 0.434 e. The number of nitrogens with zero attached hydrogens (tertiary/aromatic N) is 1. The van der Waals surface area contributed by atoms with Gasteiger partial charge in [0.15, 0.2) is 0 Å². The molecule has 0 saturated carbocycles. The van der Waals surface area contributed by atoms with Gasteiger partial charge in [-0.15, -0.1) is 0 Å². The molecule has 0 bridgehead atoms. The van der Waals surface area contributed by atoms with Crippen LogP contribution in [0.15, 0.2) is 54.6 Å². The predicted molar refractivity (Wildman–Crippen MR) is 99.4 cm³/mol. The zero-order valence-corrected chi connectivity index (χ0v) is 14.8. The maximum Gasteiger partial charge on any atom is 0.387 e. The summed E-state index contributed by atoms with van der Waals surface area (Å²) in [5, 5.41) is 2.74. The number of rotatable bonds is 8. The molecule has 0 atom stereocenters. The van der Waals surface area contributed by atoms with E-state index >= 15 is 0 Å². The monoisotopic (exact) mass is 360 g/mol. The molecule has 2 aromatic carbocycles. The van der Waals surface area contributed by atoms with Crippen molar-refractivity contribution in [2.75, 3.05) is 26.0 Å². The Morgan fingerprint density at radius 3 is 2.50 bits per heavy atom. The minimum atomic E-state index is -2.91. The number of carbonyl (C=O) groups excluding carboxylic acids is 1. The van der Waals surface area contributed by atoms with Crippen molar-refractivity contribution in [2.24, 2.45) is 0 Å². The van der Waals surface area contributed by atoms with E-state index in [2.05, 4.69) is 15.0 Å². The second-order valence-corrected chi connectivity index (χ2v) is 5.99. The average molecular weight is 360 g/mol. The normalized spacial score (nSPS) is 11.3. The zero-order chi connectivity index (χ0) is 18.9. The Balaban J connectivity index is 1.95. The molecule has 0 aliphatic rings. The fourth-order valence-corrected chi connectivity index (χ4v) is 2.28. The highest BCUT2D eigenvalue weighted by Crippen LogP contribution is 2.21. The maximum atomic E-state index is 12.4. The maximum absolute atomic E-state index is 12.4. The van der Waals surface area contributed by atoms with Crippen LogP contribution >= 0.6 is 0 Å². The Kier molecular flexibility index (Phi) is 7.29. The Hall–Kier alpha value is -2.73. The van der Waals surface area contributed by atoms with Gasteiger partial charge in [0.2, 0.25) is 5.91 Å². The number of benzene rings is 2. The van der Waals surface area contributed by atoms with Gasteiger partial charge in [0.05, 0.1) is 0 Å². The number of amides is 1. The van der Waals surface area contributed by atoms with Crippen LogP contribution in [0.5, 0.6) is 5.75 Å². The molecule has 4 nitrogen and oxygen atoms in total. The molecule has 6 heteroatoms. The fourth-order valence-electron chi connectivity index (χ4n) is 2.28. The Bertz CT molecular complexity index is 744. The van der Waals surface area contributed by atoms with Gasteiger partial charge in [-0.25, -0.2) is 0 Å². The first-order valence-corrected chi connectivity index (χ1v) is 8.20. The van der Waals surface area contributed by atoms with Crippen LogP contribution in [0.4, 0.5) is 14.5 Å². The molecule has 0 radical (unpaired) electrons. The van der Waals surface area contributed by atoms with Crippen LogP contribution in [0.25, 0.3) is 6.08 Å². The average Bonchev–Trinajstić information content (AvgIpc) is 2.60. The van der Waals surface area contributed by atoms with Crippen molar-refractivity contribution < 1.29 is 18.3 Å². The molecule has 1 N–H and O–H groups in total. The van der Waals surface area contributed by atoms with Gasteiger partial charge in [-0.2, -0.15) is 8.78 Å². The highest BCUT2D eigenvalue weighted by atomic mass is 19.3. The number of nitrogens with one attached hydrogen (secondary N) is 1. The third-order valence-electron chi connectivity index (χ3n) is 3.62. The van der Waals surface area contributed by atoms with Crippen LogP contribution in [0.3, 0.4) is 0 Å². The highest BCUT2D eigenvalue weighted by molar-refractivity contribution is 6.02. The molecule has 0 aliphatic carbocycles. The number of hydrogen-bond acceptors (Lipinski definition) is 3. The molecule has 0 fully saturated rings. The first kappa shape index (κ1) is 19.6. The first-order valence-electron chi connectivity index (χ1n) is 8.20. The first-order chi connectivity index (χ1) is 12.4. The van der Waals surface area contributed by atoms with Crippen LogP contribution in [0.2, 0.25) is 0 Å². The quantitative estimate of drug-likeness (QED) is 0.723. The summed E-state index contributed by atoms with van der Waals surface area (Å²) < 4.78 is 29.2. The van der Waals surface area contributed by atoms with Gasteiger partial charge in [-0.1, -0.05) is 30.3 Å². The van der Waals surface area contributed by atoms with Crippen molar-refractivity contribution in [2.45, 2.75) is 13.0 Å². The topological polar surface area (TPSA) is 41.6 Å². The summed E-state index contributed by atoms with van der Waals surface area (Å²) in [4.78, 5) is 14.1. The Labute approximate surface area is 152 Å². The molecular formula is C20H22F2N2O2. The van der Waals surface area contributed by atoms with Crippen LogP contribution in [0, 0.1) is 0 Å². The summed E-state index contributed by atoms with van der Waals surface area (Å²) in [5.74, 6) is -0.324. The van der Waals surface area contributed by atoms with Crippen LogP contribution < -0.4 is 10.1 Å². The lowest BCUT2D eigenvalue weighted by Gasteiger charge is -2.10. The van der Waals surface area contributed by atoms with Crippen molar-refractivity contribution in [1.29, 1.82) is 0 Å². The van der Waals surface area contributed by atoms with Crippen molar-refractivity contribution in [1.82, 2.24) is 4.90 Å². The van der Waals surface area contributed by atoms with E-state index in [1.807, 2.05) is 38.4 Å². The van der Waals surface area contributed by atoms with Gasteiger partial charge < -0.3 is 15.0 Å². The van der Waals surface area contributed by atoms with Gasteiger partial charge in [0.25, 0.3) is 0 Å². The standard InChI is InChI=1S/C20H22F2N2O2/c1-24(2)14-13-15-7-10-17(11-8-15)23-19(25)12-9-16-5-3-4-6-18(16)26-20(21)22/h3-12,20H,13-14H2,1-2H3,(H,23,25)/b12-9+. The smallest absolute Gasteiger partial charge is 0.387 e. The number of halogens is 2. The van der Waals surface area contributed by atoms with E-state index in [9.17, 15) is 13.6 Å². The molecule has 1 amide bonds. The molecule has 0 aromatic heterocycles. The van der Waals surface area contributed by atoms with Gasteiger partial charge >= 0.3 is 6.61 Å². The molecule has 138 valence electrons. The molecule has 0 saturated heterocycles. The number of ether oxygens (including phenoxy) is 1. The Morgan fingerprint density at radius 1 is 1.15 bits per heavy atom. The third kappa shape index (κ3) is 6.64. The van der Waals surface area contributed by atoms with E-state index in [4.69, 9.17) is 0 Å². The van der Waals surface area contributed by atoms with Crippen LogP contribution in [-0.2, 0) is 11.2 Å². The molecular weight excluding hydrogens is 338 g/mol. The lowest BCUT2D eigenvalue weighted by molar-refractivity contribution is -0.111. The Morgan fingerprint density at radius 2 is 1.85 bits per heavy atom. The number of alkyl halides is 2. The van der Waals surface area contributed by atoms with Crippen molar-refractivity contribution in [3.8, 4) is 5.75 Å². The predicted octanol–water partition coefficient (Wildman–Crippen LogP) is 4.04. The highest BCUT2D eigenvalue weighted by Gasteiger charge is 2.07. The van der Waals surface area contributed by atoms with Gasteiger partial charge in [0, 0.05) is 23.9 Å². The second-order valence-electron chi connectivity index (χ2n) is 5.99. The molecule has 0 unspecified atom stereocenters. The summed E-state index contributed by atoms with van der Waals surface area (Å²) >= 11 is 0. The lowest BCUT2D eigenvalue weighted by Crippen LogP contribution is -2.15. The summed E-state index contributed by atoms with van der Waals surface area (Å²) in [7, 11) is 4.04. The lowest BCUT2D eigenvalue weighted by atomic mass is 10.1. The fraction of sp³-hybridized carbons (Fsp3) is 0.250. The van der Waals surface area contributed by atoms with Gasteiger partial charge in [-0.05, 0) is 50.4 Å². The van der Waals surface area contributed by atoms with E-state index in [0.29, 0.717) is 11.3 Å². The molecule has 26 heavy (non-hydrogen) atoms. The van der Waals surface area contributed by atoms with Crippen molar-refractivity contribution in [3.63, 3.8) is 0 Å². The van der Waals surface area contributed by atoms with E-state index in [0.717, 1.165) is 13.0 Å². The summed E-state index contributed by atoms with van der Waals surface area (Å²) in [6, 6.07) is 13.9. The van der Waals surface area contributed by atoms with E-state index in [-0.39, 0.29) is 11.7 Å². The number of likely N-dealkylation sites (N-methyl/N-ethyl adjacent to an activating group) is 1. The third-order valence-corrected chi connectivity index (χ3v) is 3.62. The van der Waals surface area contributed by atoms with Crippen LogP contribution in [0.1, 0.15) is 11.1 Å². The number of hydrogen-bond donors (Lipinski definition) is 1. The SMILES string of the molecule is CN(C)CCc1ccc(NC(=O)/C=C/c2ccccc2OC(F)F)cc1. The van der Waals surface area contributed by atoms with Gasteiger partial charge in [0.1, 0.15) is 5.75 Å².